The minimum absolute atomic E-state index is 0.0566. The number of aromatic nitrogens is 4. The van der Waals surface area contributed by atoms with Crippen LogP contribution in [0.5, 0.6) is 0 Å². The predicted molar refractivity (Wildman–Crippen MR) is 98.4 cm³/mol. The lowest BCUT2D eigenvalue weighted by molar-refractivity contribution is 0.484. The van der Waals surface area contributed by atoms with Crippen LogP contribution in [0.4, 0.5) is 0 Å². The summed E-state index contributed by atoms with van der Waals surface area (Å²) in [7, 11) is 0. The predicted octanol–water partition coefficient (Wildman–Crippen LogP) is 1.13. The molecule has 26 heavy (non-hydrogen) atoms. The number of benzene rings is 1. The molecule has 0 saturated carbocycles. The highest BCUT2D eigenvalue weighted by molar-refractivity contribution is 5.52. The van der Waals surface area contributed by atoms with Gasteiger partial charge in [-0.3, -0.25) is 9.36 Å². The SMILES string of the molecule is O=c1cc(-c2ccncn2)nc2n1CCNCC2NCc1ccccc1. The molecule has 7 nitrogen and oxygen atoms in total. The average Bonchev–Trinajstić information content (AvgIpc) is 2.90. The molecule has 132 valence electrons. The number of nitrogens with one attached hydrogen (secondary N) is 2. The van der Waals surface area contributed by atoms with Crippen LogP contribution in [0.25, 0.3) is 11.4 Å². The van der Waals surface area contributed by atoms with Crippen molar-refractivity contribution in [2.75, 3.05) is 13.1 Å². The van der Waals surface area contributed by atoms with Crippen LogP contribution in [0.2, 0.25) is 0 Å². The fourth-order valence-electron chi connectivity index (χ4n) is 3.12. The standard InChI is InChI=1S/C19H20N6O/c26-18-10-16(15-6-7-21-13-23-15)24-19-17(12-20-8-9-25(18)19)22-11-14-4-2-1-3-5-14/h1-7,10,13,17,20,22H,8-9,11-12H2. The van der Waals surface area contributed by atoms with E-state index in [2.05, 4.69) is 32.7 Å². The summed E-state index contributed by atoms with van der Waals surface area (Å²) in [6.07, 6.45) is 3.12. The molecule has 1 unspecified atom stereocenters. The molecule has 1 aromatic carbocycles. The summed E-state index contributed by atoms with van der Waals surface area (Å²) in [6, 6.07) is 13.4. The first-order valence-electron chi connectivity index (χ1n) is 8.67. The zero-order valence-corrected chi connectivity index (χ0v) is 14.3. The molecule has 0 aliphatic carbocycles. The molecule has 1 aliphatic rings. The van der Waals surface area contributed by atoms with Gasteiger partial charge in [0.15, 0.2) is 0 Å². The molecule has 2 N–H and O–H groups in total. The van der Waals surface area contributed by atoms with E-state index in [0.717, 1.165) is 12.4 Å². The topological polar surface area (TPSA) is 84.7 Å². The van der Waals surface area contributed by atoms with Gasteiger partial charge in [0.2, 0.25) is 0 Å². The number of rotatable bonds is 4. The molecule has 0 spiro atoms. The minimum atomic E-state index is -0.0628. The summed E-state index contributed by atoms with van der Waals surface area (Å²) >= 11 is 0. The Bertz CT molecular complexity index is 926. The van der Waals surface area contributed by atoms with Crippen molar-refractivity contribution < 1.29 is 0 Å². The van der Waals surface area contributed by atoms with Crippen molar-refractivity contribution in [3.05, 3.63) is 76.7 Å². The first kappa shape index (κ1) is 16.6. The minimum Gasteiger partial charge on any atom is -0.313 e. The molecule has 0 fully saturated rings. The molecule has 0 saturated heterocycles. The lowest BCUT2D eigenvalue weighted by atomic mass is 10.2. The fourth-order valence-corrected chi connectivity index (χ4v) is 3.12. The molecule has 2 aromatic heterocycles. The summed E-state index contributed by atoms with van der Waals surface area (Å²) < 4.78 is 1.74. The summed E-state index contributed by atoms with van der Waals surface area (Å²) in [5, 5.41) is 6.90. The van der Waals surface area contributed by atoms with E-state index in [0.29, 0.717) is 31.0 Å². The van der Waals surface area contributed by atoms with Crippen molar-refractivity contribution in [1.82, 2.24) is 30.2 Å². The van der Waals surface area contributed by atoms with Crippen molar-refractivity contribution in [1.29, 1.82) is 0 Å². The molecular formula is C19H20N6O. The summed E-state index contributed by atoms with van der Waals surface area (Å²) in [5.41, 5.74) is 2.37. The summed E-state index contributed by atoms with van der Waals surface area (Å²) in [4.78, 5) is 25.6. The van der Waals surface area contributed by atoms with Gasteiger partial charge >= 0.3 is 0 Å². The Hall–Kier alpha value is -2.90. The van der Waals surface area contributed by atoms with Gasteiger partial charge in [0.05, 0.1) is 17.4 Å². The van der Waals surface area contributed by atoms with E-state index in [-0.39, 0.29) is 11.6 Å². The van der Waals surface area contributed by atoms with E-state index in [9.17, 15) is 4.79 Å². The highest BCUT2D eigenvalue weighted by atomic mass is 16.1. The van der Waals surface area contributed by atoms with Gasteiger partial charge in [-0.2, -0.15) is 0 Å². The third-order valence-electron chi connectivity index (χ3n) is 4.45. The second kappa shape index (κ2) is 7.55. The summed E-state index contributed by atoms with van der Waals surface area (Å²) in [5.74, 6) is 0.743. The fraction of sp³-hybridized carbons (Fsp3) is 0.263. The van der Waals surface area contributed by atoms with Gasteiger partial charge in [-0.05, 0) is 11.6 Å². The van der Waals surface area contributed by atoms with Crippen LogP contribution >= 0.6 is 0 Å². The normalized spacial score (nSPS) is 16.7. The number of hydrogen-bond acceptors (Lipinski definition) is 6. The third kappa shape index (κ3) is 3.54. The lowest BCUT2D eigenvalue weighted by Gasteiger charge is -2.19. The van der Waals surface area contributed by atoms with Gasteiger partial charge in [-0.1, -0.05) is 30.3 Å². The molecule has 0 amide bonds. The lowest BCUT2D eigenvalue weighted by Crippen LogP contribution is -2.33. The Morgan fingerprint density at radius 3 is 2.88 bits per heavy atom. The van der Waals surface area contributed by atoms with Crippen LogP contribution in [0, 0.1) is 0 Å². The summed E-state index contributed by atoms with van der Waals surface area (Å²) in [6.45, 7) is 2.77. The smallest absolute Gasteiger partial charge is 0.254 e. The van der Waals surface area contributed by atoms with Crippen LogP contribution in [0.3, 0.4) is 0 Å². The Balaban J connectivity index is 1.68. The van der Waals surface area contributed by atoms with E-state index >= 15 is 0 Å². The van der Waals surface area contributed by atoms with Gasteiger partial charge < -0.3 is 10.6 Å². The van der Waals surface area contributed by atoms with Crippen molar-refractivity contribution in [2.24, 2.45) is 0 Å². The Morgan fingerprint density at radius 2 is 2.08 bits per heavy atom. The van der Waals surface area contributed by atoms with Crippen LogP contribution in [-0.2, 0) is 13.1 Å². The first-order valence-corrected chi connectivity index (χ1v) is 8.67. The highest BCUT2D eigenvalue weighted by Crippen LogP contribution is 2.17. The van der Waals surface area contributed by atoms with Crippen molar-refractivity contribution in [2.45, 2.75) is 19.1 Å². The monoisotopic (exact) mass is 348 g/mol. The van der Waals surface area contributed by atoms with Crippen LogP contribution in [0.1, 0.15) is 17.4 Å². The van der Waals surface area contributed by atoms with Gasteiger partial charge in [0.25, 0.3) is 5.56 Å². The van der Waals surface area contributed by atoms with Crippen LogP contribution < -0.4 is 16.2 Å². The van der Waals surface area contributed by atoms with E-state index in [1.165, 1.54) is 11.9 Å². The van der Waals surface area contributed by atoms with Crippen molar-refractivity contribution in [3.63, 3.8) is 0 Å². The maximum Gasteiger partial charge on any atom is 0.254 e. The van der Waals surface area contributed by atoms with Gasteiger partial charge in [-0.15, -0.1) is 0 Å². The van der Waals surface area contributed by atoms with Crippen LogP contribution in [-0.4, -0.2) is 32.6 Å². The van der Waals surface area contributed by atoms with E-state index in [1.54, 1.807) is 22.9 Å². The zero-order valence-electron chi connectivity index (χ0n) is 14.3. The number of fused-ring (bicyclic) bond motifs is 1. The first-order chi connectivity index (χ1) is 12.8. The third-order valence-corrected chi connectivity index (χ3v) is 4.45. The van der Waals surface area contributed by atoms with E-state index in [4.69, 9.17) is 4.98 Å². The molecule has 3 heterocycles. The molecule has 4 rings (SSSR count). The molecule has 0 radical (unpaired) electrons. The Morgan fingerprint density at radius 1 is 1.19 bits per heavy atom. The largest absolute Gasteiger partial charge is 0.313 e. The maximum atomic E-state index is 12.7. The van der Waals surface area contributed by atoms with Gasteiger partial charge in [0, 0.05) is 38.4 Å². The van der Waals surface area contributed by atoms with Crippen molar-refractivity contribution >= 4 is 0 Å². The van der Waals surface area contributed by atoms with E-state index < -0.39 is 0 Å². The van der Waals surface area contributed by atoms with Gasteiger partial charge in [0.1, 0.15) is 12.2 Å². The molecule has 0 bridgehead atoms. The van der Waals surface area contributed by atoms with Crippen molar-refractivity contribution in [3.8, 4) is 11.4 Å². The second-order valence-corrected chi connectivity index (χ2v) is 6.21. The molecule has 3 aromatic rings. The molecule has 1 aliphatic heterocycles. The molecule has 1 atom stereocenters. The van der Waals surface area contributed by atoms with E-state index in [1.807, 2.05) is 18.2 Å². The quantitative estimate of drug-likeness (QED) is 0.735. The molecular weight excluding hydrogens is 328 g/mol. The second-order valence-electron chi connectivity index (χ2n) is 6.21. The Kier molecular flexibility index (Phi) is 4.81. The number of hydrogen-bond donors (Lipinski definition) is 2. The number of nitrogens with zero attached hydrogens (tertiary/aromatic N) is 4. The average molecular weight is 348 g/mol. The highest BCUT2D eigenvalue weighted by Gasteiger charge is 2.22. The zero-order chi connectivity index (χ0) is 17.8. The van der Waals surface area contributed by atoms with Gasteiger partial charge in [-0.25, -0.2) is 15.0 Å². The molecule has 7 heteroatoms. The Labute approximate surface area is 151 Å². The maximum absolute atomic E-state index is 12.7. The van der Waals surface area contributed by atoms with Crippen LogP contribution in [0.15, 0.2) is 59.8 Å².